The van der Waals surface area contributed by atoms with Crippen molar-refractivity contribution in [1.29, 1.82) is 0 Å². The maximum Gasteiger partial charge on any atom is 0.140 e. The van der Waals surface area contributed by atoms with Gasteiger partial charge < -0.3 is 9.67 Å². The minimum Gasteiger partial charge on any atom is -0.507 e. The van der Waals surface area contributed by atoms with E-state index >= 15 is 0 Å². The van der Waals surface area contributed by atoms with Crippen molar-refractivity contribution >= 4 is 0 Å². The quantitative estimate of drug-likeness (QED) is 0.265. The fraction of sp³-hybridized carbons (Fsp3) is 0.323. The summed E-state index contributed by atoms with van der Waals surface area (Å²) in [6, 6.07) is 25.3. The second-order valence-electron chi connectivity index (χ2n) is 9.35. The topological polar surface area (TPSA) is 41.3 Å². The molecular weight excluding hydrogens is 430 g/mol. The molecule has 4 rings (SSSR count). The predicted octanol–water partition coefficient (Wildman–Crippen LogP) is 7.36. The fourth-order valence-corrected chi connectivity index (χ4v) is 4.82. The van der Waals surface area contributed by atoms with E-state index in [2.05, 4.69) is 96.1 Å². The van der Waals surface area contributed by atoms with Gasteiger partial charge >= 0.3 is 0 Å². The van der Waals surface area contributed by atoms with Crippen molar-refractivity contribution in [3.63, 3.8) is 0 Å². The van der Waals surface area contributed by atoms with E-state index in [-0.39, 0.29) is 0 Å². The van der Waals surface area contributed by atoms with Gasteiger partial charge in [0.15, 0.2) is 0 Å². The van der Waals surface area contributed by atoms with Crippen LogP contribution in [0.4, 0.5) is 0 Å². The first-order valence-electron chi connectivity index (χ1n) is 12.7. The smallest absolute Gasteiger partial charge is 0.140 e. The standard InChI is InChI=1S/C31H37N3O/c1-5-7-18-33(21-25-19-23(3)30(35)24(4)20-25)22-28-29(26-14-10-8-11-15-26)32-31(34(28)6-2)27-16-12-9-13-17-27/h8-17,19-20,35H,5-7,18,21-22H2,1-4H3. The summed E-state index contributed by atoms with van der Waals surface area (Å²) in [7, 11) is 0. The second-order valence-corrected chi connectivity index (χ2v) is 9.35. The lowest BCUT2D eigenvalue weighted by atomic mass is 10.0. The molecule has 4 heteroatoms. The third kappa shape index (κ3) is 5.66. The second kappa shape index (κ2) is 11.4. The zero-order valence-corrected chi connectivity index (χ0v) is 21.5. The number of imidazole rings is 1. The number of aromatic nitrogens is 2. The van der Waals surface area contributed by atoms with Crippen LogP contribution in [0.3, 0.4) is 0 Å². The van der Waals surface area contributed by atoms with Crippen molar-refractivity contribution in [2.24, 2.45) is 0 Å². The van der Waals surface area contributed by atoms with Gasteiger partial charge in [-0.25, -0.2) is 4.98 Å². The number of rotatable bonds is 10. The Balaban J connectivity index is 1.77. The van der Waals surface area contributed by atoms with Crippen molar-refractivity contribution in [3.8, 4) is 28.4 Å². The largest absolute Gasteiger partial charge is 0.507 e. The third-order valence-electron chi connectivity index (χ3n) is 6.63. The molecule has 0 bridgehead atoms. The summed E-state index contributed by atoms with van der Waals surface area (Å²) in [5, 5.41) is 10.3. The highest BCUT2D eigenvalue weighted by Crippen LogP contribution is 2.31. The van der Waals surface area contributed by atoms with Gasteiger partial charge in [0.05, 0.1) is 11.4 Å². The molecule has 0 fully saturated rings. The molecule has 0 radical (unpaired) electrons. The predicted molar refractivity (Wildman–Crippen MR) is 145 cm³/mol. The summed E-state index contributed by atoms with van der Waals surface area (Å²) >= 11 is 0. The number of unbranched alkanes of at least 4 members (excludes halogenated alkanes) is 1. The van der Waals surface area contributed by atoms with Crippen LogP contribution in [0.1, 0.15) is 49.1 Å². The lowest BCUT2D eigenvalue weighted by Crippen LogP contribution is -2.26. The highest BCUT2D eigenvalue weighted by Gasteiger charge is 2.21. The Morgan fingerprint density at radius 3 is 2.00 bits per heavy atom. The molecule has 3 aromatic carbocycles. The summed E-state index contributed by atoms with van der Waals surface area (Å²) in [4.78, 5) is 7.73. The molecule has 0 spiro atoms. The summed E-state index contributed by atoms with van der Waals surface area (Å²) in [6.07, 6.45) is 2.29. The molecule has 4 aromatic rings. The lowest BCUT2D eigenvalue weighted by molar-refractivity contribution is 0.246. The minimum absolute atomic E-state index is 0.400. The molecule has 35 heavy (non-hydrogen) atoms. The number of benzene rings is 3. The van der Waals surface area contributed by atoms with E-state index in [0.717, 1.165) is 72.8 Å². The van der Waals surface area contributed by atoms with Gasteiger partial charge in [0, 0.05) is 30.8 Å². The highest BCUT2D eigenvalue weighted by molar-refractivity contribution is 5.68. The van der Waals surface area contributed by atoms with Gasteiger partial charge in [0.1, 0.15) is 11.6 Å². The summed E-state index contributed by atoms with van der Waals surface area (Å²) in [5.74, 6) is 1.42. The number of aryl methyl sites for hydroxylation is 2. The highest BCUT2D eigenvalue weighted by atomic mass is 16.3. The monoisotopic (exact) mass is 467 g/mol. The van der Waals surface area contributed by atoms with Crippen molar-refractivity contribution in [2.45, 2.75) is 60.2 Å². The van der Waals surface area contributed by atoms with Crippen LogP contribution in [0.25, 0.3) is 22.6 Å². The molecule has 4 nitrogen and oxygen atoms in total. The molecule has 0 atom stereocenters. The van der Waals surface area contributed by atoms with E-state index in [1.54, 1.807) is 0 Å². The first kappa shape index (κ1) is 24.7. The SMILES string of the molecule is CCCCN(Cc1cc(C)c(O)c(C)c1)Cc1c(-c2ccccc2)nc(-c2ccccc2)n1CC. The minimum atomic E-state index is 0.400. The van der Waals surface area contributed by atoms with Crippen LogP contribution in [0.2, 0.25) is 0 Å². The van der Waals surface area contributed by atoms with Gasteiger partial charge in [0.2, 0.25) is 0 Å². The Bertz CT molecular complexity index is 1220. The van der Waals surface area contributed by atoms with E-state index in [9.17, 15) is 5.11 Å². The molecule has 1 heterocycles. The fourth-order valence-electron chi connectivity index (χ4n) is 4.82. The van der Waals surface area contributed by atoms with E-state index in [1.165, 1.54) is 11.3 Å². The Labute approximate surface area is 209 Å². The van der Waals surface area contributed by atoms with Crippen LogP contribution < -0.4 is 0 Å². The van der Waals surface area contributed by atoms with Crippen LogP contribution in [0.5, 0.6) is 5.75 Å². The van der Waals surface area contributed by atoms with Crippen molar-refractivity contribution < 1.29 is 5.11 Å². The van der Waals surface area contributed by atoms with E-state index in [1.807, 2.05) is 13.8 Å². The normalized spacial score (nSPS) is 11.3. The Kier molecular flexibility index (Phi) is 8.04. The van der Waals surface area contributed by atoms with E-state index in [0.29, 0.717) is 5.75 Å². The van der Waals surface area contributed by atoms with Gasteiger partial charge in [-0.1, -0.05) is 86.1 Å². The third-order valence-corrected chi connectivity index (χ3v) is 6.63. The Hall–Kier alpha value is -3.37. The number of phenols is 1. The molecule has 0 aliphatic carbocycles. The molecule has 0 saturated heterocycles. The molecule has 0 amide bonds. The molecule has 0 aliphatic heterocycles. The first-order valence-corrected chi connectivity index (χ1v) is 12.7. The number of aromatic hydroxyl groups is 1. The summed E-state index contributed by atoms with van der Waals surface area (Å²) < 4.78 is 2.38. The molecule has 0 saturated carbocycles. The average molecular weight is 468 g/mol. The molecule has 182 valence electrons. The van der Waals surface area contributed by atoms with Crippen molar-refractivity contribution in [3.05, 3.63) is 95.2 Å². The van der Waals surface area contributed by atoms with Crippen molar-refractivity contribution in [1.82, 2.24) is 14.5 Å². The van der Waals surface area contributed by atoms with Crippen LogP contribution in [-0.2, 0) is 19.6 Å². The van der Waals surface area contributed by atoms with Crippen LogP contribution in [-0.4, -0.2) is 26.1 Å². The first-order chi connectivity index (χ1) is 17.0. The lowest BCUT2D eigenvalue weighted by Gasteiger charge is -2.24. The molecule has 0 aliphatic rings. The number of nitrogens with zero attached hydrogens (tertiary/aromatic N) is 3. The molecule has 0 unspecified atom stereocenters. The van der Waals surface area contributed by atoms with E-state index in [4.69, 9.17) is 4.98 Å². The number of hydrogen-bond donors (Lipinski definition) is 1. The summed E-state index contributed by atoms with van der Waals surface area (Å²) in [6.45, 7) is 11.9. The Morgan fingerprint density at radius 2 is 1.43 bits per heavy atom. The zero-order chi connectivity index (χ0) is 24.8. The van der Waals surface area contributed by atoms with Crippen LogP contribution in [0.15, 0.2) is 72.8 Å². The van der Waals surface area contributed by atoms with Gasteiger partial charge in [0.25, 0.3) is 0 Å². The maximum absolute atomic E-state index is 10.3. The number of hydrogen-bond acceptors (Lipinski definition) is 3. The van der Waals surface area contributed by atoms with Crippen LogP contribution in [0, 0.1) is 13.8 Å². The van der Waals surface area contributed by atoms with Gasteiger partial charge in [-0.3, -0.25) is 4.90 Å². The molecule has 1 aromatic heterocycles. The zero-order valence-electron chi connectivity index (χ0n) is 21.5. The van der Waals surface area contributed by atoms with Crippen LogP contribution >= 0.6 is 0 Å². The number of phenolic OH excluding ortho intramolecular Hbond substituents is 1. The summed E-state index contributed by atoms with van der Waals surface area (Å²) in [5.41, 5.74) is 7.71. The molecule has 1 N–H and O–H groups in total. The molecular formula is C31H37N3O. The Morgan fingerprint density at radius 1 is 0.829 bits per heavy atom. The van der Waals surface area contributed by atoms with Gasteiger partial charge in [-0.05, 0) is 50.4 Å². The average Bonchev–Trinajstić information content (AvgIpc) is 3.25. The maximum atomic E-state index is 10.3. The van der Waals surface area contributed by atoms with Gasteiger partial charge in [-0.15, -0.1) is 0 Å². The van der Waals surface area contributed by atoms with E-state index < -0.39 is 0 Å². The van der Waals surface area contributed by atoms with Gasteiger partial charge in [-0.2, -0.15) is 0 Å². The van der Waals surface area contributed by atoms with Crippen molar-refractivity contribution in [2.75, 3.05) is 6.54 Å².